The Labute approximate surface area is 153 Å². The van der Waals surface area contributed by atoms with E-state index in [1.54, 1.807) is 24.3 Å². The fourth-order valence-corrected chi connectivity index (χ4v) is 2.50. The quantitative estimate of drug-likeness (QED) is 0.792. The summed E-state index contributed by atoms with van der Waals surface area (Å²) in [5, 5.41) is 6.42. The second kappa shape index (κ2) is 9.23. The van der Waals surface area contributed by atoms with Gasteiger partial charge in [-0.1, -0.05) is 37.6 Å². The molecule has 2 aromatic rings. The van der Waals surface area contributed by atoms with Crippen molar-refractivity contribution in [3.05, 3.63) is 70.2 Å². The second-order valence-corrected chi connectivity index (χ2v) is 6.75. The molecule has 132 valence electrons. The van der Waals surface area contributed by atoms with Crippen LogP contribution < -0.4 is 10.6 Å². The average molecular weight is 359 g/mol. The number of halogens is 1. The summed E-state index contributed by atoms with van der Waals surface area (Å²) in [7, 11) is 0. The van der Waals surface area contributed by atoms with E-state index in [4.69, 9.17) is 11.6 Å². The molecule has 2 rings (SSSR count). The third-order valence-electron chi connectivity index (χ3n) is 3.67. The Balaban J connectivity index is 1.84. The molecule has 4 nitrogen and oxygen atoms in total. The molecular formula is C20H23ClN2O2. The van der Waals surface area contributed by atoms with E-state index < -0.39 is 0 Å². The smallest absolute Gasteiger partial charge is 0.251 e. The summed E-state index contributed by atoms with van der Waals surface area (Å²) in [5.41, 5.74) is 2.16. The molecule has 0 atom stereocenters. The van der Waals surface area contributed by atoms with Crippen LogP contribution in [0.3, 0.4) is 0 Å². The molecule has 2 amide bonds. The molecule has 2 N–H and O–H groups in total. The summed E-state index contributed by atoms with van der Waals surface area (Å²) in [6, 6.07) is 14.2. The van der Waals surface area contributed by atoms with E-state index in [1.165, 1.54) is 0 Å². The first kappa shape index (κ1) is 19.0. The zero-order valence-electron chi connectivity index (χ0n) is 14.5. The second-order valence-electron chi connectivity index (χ2n) is 6.32. The molecule has 0 aliphatic heterocycles. The normalized spacial score (nSPS) is 10.6. The van der Waals surface area contributed by atoms with Gasteiger partial charge in [0, 0.05) is 29.2 Å². The third-order valence-corrected chi connectivity index (χ3v) is 3.90. The van der Waals surface area contributed by atoms with Gasteiger partial charge in [0.15, 0.2) is 0 Å². The van der Waals surface area contributed by atoms with Crippen molar-refractivity contribution in [2.24, 2.45) is 5.92 Å². The predicted molar refractivity (Wildman–Crippen MR) is 101 cm³/mol. The van der Waals surface area contributed by atoms with Crippen molar-refractivity contribution >= 4 is 23.4 Å². The van der Waals surface area contributed by atoms with Crippen molar-refractivity contribution in [3.63, 3.8) is 0 Å². The lowest BCUT2D eigenvalue weighted by atomic mass is 10.1. The molecule has 0 heterocycles. The van der Waals surface area contributed by atoms with Gasteiger partial charge in [-0.15, -0.1) is 0 Å². The zero-order valence-corrected chi connectivity index (χ0v) is 15.3. The van der Waals surface area contributed by atoms with Crippen molar-refractivity contribution in [2.45, 2.75) is 20.3 Å². The molecule has 0 fully saturated rings. The van der Waals surface area contributed by atoms with Crippen LogP contribution in [0.15, 0.2) is 48.5 Å². The molecule has 0 unspecified atom stereocenters. The summed E-state index contributed by atoms with van der Waals surface area (Å²) in [4.78, 5) is 24.1. The Kier molecular flexibility index (Phi) is 7.02. The van der Waals surface area contributed by atoms with E-state index in [9.17, 15) is 9.59 Å². The summed E-state index contributed by atoms with van der Waals surface area (Å²) in [5.74, 6) is 0.117. The number of hydrogen-bond acceptors (Lipinski definition) is 2. The van der Waals surface area contributed by atoms with Gasteiger partial charge in [-0.25, -0.2) is 0 Å². The van der Waals surface area contributed by atoms with E-state index in [0.717, 1.165) is 5.56 Å². The lowest BCUT2D eigenvalue weighted by Gasteiger charge is -2.09. The molecule has 0 aliphatic carbocycles. The van der Waals surface area contributed by atoms with Crippen molar-refractivity contribution in [1.29, 1.82) is 0 Å². The van der Waals surface area contributed by atoms with Crippen molar-refractivity contribution in [3.8, 4) is 0 Å². The highest BCUT2D eigenvalue weighted by molar-refractivity contribution is 6.30. The van der Waals surface area contributed by atoms with Gasteiger partial charge >= 0.3 is 0 Å². The number of carbonyl (C=O) groups excluding carboxylic acids is 2. The molecule has 0 bridgehead atoms. The number of hydrogen-bond donors (Lipinski definition) is 2. The molecule has 0 saturated carbocycles. The van der Waals surface area contributed by atoms with E-state index in [-0.39, 0.29) is 11.8 Å². The van der Waals surface area contributed by atoms with Crippen LogP contribution in [0, 0.1) is 5.92 Å². The van der Waals surface area contributed by atoms with Crippen molar-refractivity contribution < 1.29 is 9.59 Å². The number of benzene rings is 2. The highest BCUT2D eigenvalue weighted by Gasteiger charge is 2.09. The molecule has 0 aromatic heterocycles. The molecule has 0 radical (unpaired) electrons. The van der Waals surface area contributed by atoms with Gasteiger partial charge in [0.25, 0.3) is 11.8 Å². The van der Waals surface area contributed by atoms with Crippen LogP contribution >= 0.6 is 11.6 Å². The first-order valence-corrected chi connectivity index (χ1v) is 8.74. The molecule has 25 heavy (non-hydrogen) atoms. The van der Waals surface area contributed by atoms with Crippen molar-refractivity contribution in [2.75, 3.05) is 13.1 Å². The van der Waals surface area contributed by atoms with Crippen LogP contribution in [-0.4, -0.2) is 24.9 Å². The largest absolute Gasteiger partial charge is 0.352 e. The van der Waals surface area contributed by atoms with Gasteiger partial charge in [-0.2, -0.15) is 0 Å². The van der Waals surface area contributed by atoms with Crippen LogP contribution in [0.2, 0.25) is 5.02 Å². The first-order valence-electron chi connectivity index (χ1n) is 8.36. The van der Waals surface area contributed by atoms with E-state index in [1.807, 2.05) is 38.1 Å². The minimum absolute atomic E-state index is 0.124. The number of rotatable bonds is 7. The average Bonchev–Trinajstić information content (AvgIpc) is 2.59. The maximum Gasteiger partial charge on any atom is 0.251 e. The van der Waals surface area contributed by atoms with Crippen LogP contribution in [-0.2, 0) is 6.42 Å². The lowest BCUT2D eigenvalue weighted by Crippen LogP contribution is -2.28. The standard InChI is InChI=1S/C20H23ClN2O2/c1-14(2)13-23-20(25)17-8-6-16(7-9-17)19(24)22-11-10-15-4-3-5-18(21)12-15/h3-9,12,14H,10-11,13H2,1-2H3,(H,22,24)(H,23,25). The monoisotopic (exact) mass is 358 g/mol. The SMILES string of the molecule is CC(C)CNC(=O)c1ccc(C(=O)NCCc2cccc(Cl)c2)cc1. The highest BCUT2D eigenvalue weighted by Crippen LogP contribution is 2.11. The fraction of sp³-hybridized carbons (Fsp3) is 0.300. The number of amides is 2. The van der Waals surface area contributed by atoms with Gasteiger partial charge in [-0.05, 0) is 54.3 Å². The molecule has 2 aromatic carbocycles. The maximum atomic E-state index is 12.2. The summed E-state index contributed by atoms with van der Waals surface area (Å²) in [6.07, 6.45) is 0.710. The molecule has 0 aliphatic rings. The van der Waals surface area contributed by atoms with Gasteiger partial charge < -0.3 is 10.6 Å². The Hall–Kier alpha value is -2.33. The highest BCUT2D eigenvalue weighted by atomic mass is 35.5. The summed E-state index contributed by atoms with van der Waals surface area (Å²) in [6.45, 7) is 5.23. The number of carbonyl (C=O) groups is 2. The van der Waals surface area contributed by atoms with E-state index in [0.29, 0.717) is 41.6 Å². The molecular weight excluding hydrogens is 336 g/mol. The minimum Gasteiger partial charge on any atom is -0.352 e. The third kappa shape index (κ3) is 6.24. The van der Waals surface area contributed by atoms with Gasteiger partial charge in [-0.3, -0.25) is 9.59 Å². The van der Waals surface area contributed by atoms with Crippen LogP contribution in [0.25, 0.3) is 0 Å². The van der Waals surface area contributed by atoms with Crippen LogP contribution in [0.1, 0.15) is 40.1 Å². The maximum absolute atomic E-state index is 12.2. The van der Waals surface area contributed by atoms with Crippen molar-refractivity contribution in [1.82, 2.24) is 10.6 Å². The molecule has 0 spiro atoms. The van der Waals surface area contributed by atoms with Gasteiger partial charge in [0.2, 0.25) is 0 Å². The molecule has 5 heteroatoms. The Morgan fingerprint density at radius 1 is 0.960 bits per heavy atom. The van der Waals surface area contributed by atoms with E-state index >= 15 is 0 Å². The summed E-state index contributed by atoms with van der Waals surface area (Å²) < 4.78 is 0. The zero-order chi connectivity index (χ0) is 18.2. The van der Waals surface area contributed by atoms with Gasteiger partial charge in [0.05, 0.1) is 0 Å². The lowest BCUT2D eigenvalue weighted by molar-refractivity contribution is 0.0939. The minimum atomic E-state index is -0.156. The van der Waals surface area contributed by atoms with Crippen LogP contribution in [0.5, 0.6) is 0 Å². The number of nitrogens with one attached hydrogen (secondary N) is 2. The Morgan fingerprint density at radius 3 is 2.12 bits per heavy atom. The topological polar surface area (TPSA) is 58.2 Å². The first-order chi connectivity index (χ1) is 12.0. The fourth-order valence-electron chi connectivity index (χ4n) is 2.29. The van der Waals surface area contributed by atoms with Crippen LogP contribution in [0.4, 0.5) is 0 Å². The van der Waals surface area contributed by atoms with Gasteiger partial charge in [0.1, 0.15) is 0 Å². The predicted octanol–water partition coefficient (Wildman–Crippen LogP) is 3.70. The summed E-state index contributed by atoms with van der Waals surface area (Å²) >= 11 is 5.94. The molecule has 0 saturated heterocycles. The van der Waals surface area contributed by atoms with E-state index in [2.05, 4.69) is 10.6 Å². The Morgan fingerprint density at radius 2 is 1.56 bits per heavy atom. The Bertz CT molecular complexity index is 727.